The Kier molecular flexibility index (Phi) is 6.46. The van der Waals surface area contributed by atoms with Crippen LogP contribution in [0.15, 0.2) is 0 Å². The summed E-state index contributed by atoms with van der Waals surface area (Å²) in [7, 11) is 0. The first kappa shape index (κ1) is 15.8. The van der Waals surface area contributed by atoms with E-state index in [0.717, 1.165) is 12.8 Å². The number of hydrogen-bond donors (Lipinski definition) is 3. The van der Waals surface area contributed by atoms with E-state index in [0.29, 0.717) is 18.3 Å². The summed E-state index contributed by atoms with van der Waals surface area (Å²) in [5, 5.41) is 16.2. The average Bonchev–Trinajstić information content (AvgIpc) is 2.78. The van der Waals surface area contributed by atoms with Crippen LogP contribution in [0.3, 0.4) is 0 Å². The van der Waals surface area contributed by atoms with E-state index in [9.17, 15) is 9.90 Å². The maximum Gasteiger partial charge on any atom is 0.237 e. The van der Waals surface area contributed by atoms with Gasteiger partial charge in [-0.1, -0.05) is 12.8 Å². The summed E-state index contributed by atoms with van der Waals surface area (Å²) in [6, 6.07) is 0.104. The summed E-state index contributed by atoms with van der Waals surface area (Å²) in [6.45, 7) is 4.07. The molecule has 0 aromatic heterocycles. The van der Waals surface area contributed by atoms with E-state index in [-0.39, 0.29) is 11.9 Å². The van der Waals surface area contributed by atoms with Crippen LogP contribution in [0.4, 0.5) is 0 Å². The van der Waals surface area contributed by atoms with Gasteiger partial charge < -0.3 is 15.7 Å². The summed E-state index contributed by atoms with van der Waals surface area (Å²) >= 11 is 1.60. The number of hydrogen-bond acceptors (Lipinski definition) is 4. The lowest BCUT2D eigenvalue weighted by Crippen LogP contribution is -2.50. The highest BCUT2D eigenvalue weighted by atomic mass is 32.2. The molecule has 5 heteroatoms. The van der Waals surface area contributed by atoms with E-state index in [1.807, 2.05) is 13.2 Å². The molecule has 18 heavy (non-hydrogen) atoms. The van der Waals surface area contributed by atoms with Gasteiger partial charge >= 0.3 is 0 Å². The summed E-state index contributed by atoms with van der Waals surface area (Å²) in [4.78, 5) is 11.9. The molecule has 1 fully saturated rings. The van der Waals surface area contributed by atoms with Crippen molar-refractivity contribution in [3.05, 3.63) is 0 Å². The Morgan fingerprint density at radius 2 is 2.11 bits per heavy atom. The fourth-order valence-electron chi connectivity index (χ4n) is 2.22. The molecular formula is C13H26N2O2S. The average molecular weight is 274 g/mol. The van der Waals surface area contributed by atoms with Crippen LogP contribution in [0.1, 0.15) is 39.5 Å². The first-order valence-electron chi connectivity index (χ1n) is 6.70. The van der Waals surface area contributed by atoms with Crippen molar-refractivity contribution in [2.75, 3.05) is 18.6 Å². The highest BCUT2D eigenvalue weighted by Gasteiger charge is 2.24. The van der Waals surface area contributed by atoms with Gasteiger partial charge in [0.25, 0.3) is 0 Å². The zero-order valence-corrected chi connectivity index (χ0v) is 12.5. The second-order valence-electron chi connectivity index (χ2n) is 5.52. The second kappa shape index (κ2) is 7.36. The molecule has 3 N–H and O–H groups in total. The van der Waals surface area contributed by atoms with Gasteiger partial charge in [0.15, 0.2) is 0 Å². The van der Waals surface area contributed by atoms with Crippen LogP contribution in [0, 0.1) is 0 Å². The fourth-order valence-corrected chi connectivity index (χ4v) is 2.95. The largest absolute Gasteiger partial charge is 0.388 e. The smallest absolute Gasteiger partial charge is 0.237 e. The minimum atomic E-state index is -0.763. The quantitative estimate of drug-likeness (QED) is 0.651. The molecule has 1 aliphatic rings. The summed E-state index contributed by atoms with van der Waals surface area (Å²) in [5.74, 6) is 0.707. The number of amides is 1. The van der Waals surface area contributed by atoms with Crippen LogP contribution in [0.25, 0.3) is 0 Å². The first-order valence-corrected chi connectivity index (χ1v) is 8.09. The van der Waals surface area contributed by atoms with Gasteiger partial charge in [-0.15, -0.1) is 0 Å². The van der Waals surface area contributed by atoms with E-state index in [2.05, 4.69) is 10.6 Å². The molecule has 0 aromatic rings. The number of aliphatic hydroxyl groups is 1. The summed E-state index contributed by atoms with van der Waals surface area (Å²) < 4.78 is 0. The molecule has 2 atom stereocenters. The summed E-state index contributed by atoms with van der Waals surface area (Å²) in [6.07, 6.45) is 6.60. The van der Waals surface area contributed by atoms with Crippen molar-refractivity contribution in [3.63, 3.8) is 0 Å². The van der Waals surface area contributed by atoms with Crippen molar-refractivity contribution in [2.45, 2.75) is 57.2 Å². The number of nitrogens with one attached hydrogen (secondary N) is 2. The summed E-state index contributed by atoms with van der Waals surface area (Å²) in [5.41, 5.74) is -0.763. The highest BCUT2D eigenvalue weighted by Crippen LogP contribution is 2.17. The second-order valence-corrected chi connectivity index (χ2v) is 6.39. The van der Waals surface area contributed by atoms with Crippen LogP contribution in [-0.4, -0.2) is 47.3 Å². The van der Waals surface area contributed by atoms with E-state index in [4.69, 9.17) is 0 Å². The topological polar surface area (TPSA) is 61.4 Å². The van der Waals surface area contributed by atoms with Gasteiger partial charge in [-0.2, -0.15) is 11.8 Å². The standard InChI is InChI=1S/C13H26N2O2S/c1-10(14-8-13(2,17)9-18-3)12(16)15-11-6-4-5-7-11/h10-11,14,17H,4-9H2,1-3H3,(H,15,16). The van der Waals surface area contributed by atoms with Crippen molar-refractivity contribution in [2.24, 2.45) is 0 Å². The number of thioether (sulfide) groups is 1. The maximum absolute atomic E-state index is 11.9. The van der Waals surface area contributed by atoms with Gasteiger partial charge in [0.1, 0.15) is 0 Å². The first-order chi connectivity index (χ1) is 8.44. The molecule has 0 spiro atoms. The van der Waals surface area contributed by atoms with Crippen molar-refractivity contribution in [3.8, 4) is 0 Å². The molecule has 4 nitrogen and oxygen atoms in total. The van der Waals surface area contributed by atoms with Crippen LogP contribution in [-0.2, 0) is 4.79 Å². The van der Waals surface area contributed by atoms with Crippen molar-refractivity contribution in [1.82, 2.24) is 10.6 Å². The monoisotopic (exact) mass is 274 g/mol. The predicted molar refractivity (Wildman–Crippen MR) is 76.9 cm³/mol. The van der Waals surface area contributed by atoms with Crippen LogP contribution < -0.4 is 10.6 Å². The zero-order chi connectivity index (χ0) is 13.6. The van der Waals surface area contributed by atoms with Gasteiger partial charge in [-0.05, 0) is 32.9 Å². The Hall–Kier alpha value is -0.260. The maximum atomic E-state index is 11.9. The normalized spacial score (nSPS) is 21.6. The third-order valence-electron chi connectivity index (χ3n) is 3.34. The Labute approximate surface area is 114 Å². The van der Waals surface area contributed by atoms with Crippen LogP contribution in [0.5, 0.6) is 0 Å². The lowest BCUT2D eigenvalue weighted by atomic mass is 10.1. The van der Waals surface area contributed by atoms with Crippen molar-refractivity contribution < 1.29 is 9.90 Å². The number of carbonyl (C=O) groups excluding carboxylic acids is 1. The van der Waals surface area contributed by atoms with Crippen molar-refractivity contribution in [1.29, 1.82) is 0 Å². The lowest BCUT2D eigenvalue weighted by molar-refractivity contribution is -0.123. The third-order valence-corrected chi connectivity index (χ3v) is 4.25. The molecule has 106 valence electrons. The molecular weight excluding hydrogens is 248 g/mol. The predicted octanol–water partition coefficient (Wildman–Crippen LogP) is 1.14. The Balaban J connectivity index is 2.26. The van der Waals surface area contributed by atoms with Gasteiger partial charge in [0.05, 0.1) is 11.6 Å². The molecule has 0 bridgehead atoms. The highest BCUT2D eigenvalue weighted by molar-refractivity contribution is 7.98. The van der Waals surface area contributed by atoms with Gasteiger partial charge in [-0.3, -0.25) is 4.79 Å². The molecule has 2 unspecified atom stereocenters. The molecule has 0 saturated heterocycles. The lowest BCUT2D eigenvalue weighted by Gasteiger charge is -2.25. The van der Waals surface area contributed by atoms with E-state index in [1.165, 1.54) is 12.8 Å². The fraction of sp³-hybridized carbons (Fsp3) is 0.923. The molecule has 1 aliphatic carbocycles. The minimum Gasteiger partial charge on any atom is -0.388 e. The molecule has 1 saturated carbocycles. The van der Waals surface area contributed by atoms with Gasteiger partial charge in [0, 0.05) is 18.3 Å². The zero-order valence-electron chi connectivity index (χ0n) is 11.7. The van der Waals surface area contributed by atoms with Crippen LogP contribution >= 0.6 is 11.8 Å². The third kappa shape index (κ3) is 5.59. The molecule has 1 rings (SSSR count). The molecule has 0 heterocycles. The number of rotatable bonds is 7. The molecule has 0 aromatic carbocycles. The Morgan fingerprint density at radius 1 is 1.50 bits per heavy atom. The number of carbonyl (C=O) groups is 1. The Bertz CT molecular complexity index is 266. The van der Waals surface area contributed by atoms with Gasteiger partial charge in [0.2, 0.25) is 5.91 Å². The molecule has 0 aliphatic heterocycles. The van der Waals surface area contributed by atoms with Gasteiger partial charge in [-0.25, -0.2) is 0 Å². The minimum absolute atomic E-state index is 0.0434. The van der Waals surface area contributed by atoms with Crippen molar-refractivity contribution >= 4 is 17.7 Å². The molecule has 0 radical (unpaired) electrons. The Morgan fingerprint density at radius 3 is 2.67 bits per heavy atom. The molecule has 1 amide bonds. The van der Waals surface area contributed by atoms with E-state index >= 15 is 0 Å². The van der Waals surface area contributed by atoms with E-state index in [1.54, 1.807) is 18.7 Å². The van der Waals surface area contributed by atoms with Crippen LogP contribution in [0.2, 0.25) is 0 Å². The SMILES string of the molecule is CSCC(C)(O)CNC(C)C(=O)NC1CCCC1. The van der Waals surface area contributed by atoms with E-state index < -0.39 is 5.60 Å².